The number of benzene rings is 21. The second-order valence-corrected chi connectivity index (χ2v) is 33.1. The maximum Gasteiger partial charge on any atom is 0.135 e. The Balaban J connectivity index is 0.000000144. The Morgan fingerprint density at radius 2 is 0.346 bits per heavy atom. The van der Waals surface area contributed by atoms with Crippen molar-refractivity contribution >= 4 is 178 Å². The second kappa shape index (κ2) is 32.6. The Bertz CT molecular complexity index is 8110. The predicted molar refractivity (Wildman–Crippen MR) is 543 cm³/mol. The zero-order valence-corrected chi connectivity index (χ0v) is 70.6. The van der Waals surface area contributed by atoms with Crippen molar-refractivity contribution in [2.45, 2.75) is 0 Å². The molecule has 0 saturated carbocycles. The molecule has 0 aliphatic carbocycles. The second-order valence-electron chi connectivity index (χ2n) is 33.1. The van der Waals surface area contributed by atoms with Crippen LogP contribution in [0.2, 0.25) is 0 Å². The van der Waals surface area contributed by atoms with Crippen LogP contribution in [0.4, 0.5) is 68.2 Å². The monoisotopic (exact) mass is 1660 g/mol. The smallest absolute Gasteiger partial charge is 0.135 e. The molecule has 25 aromatic rings. The lowest BCUT2D eigenvalue weighted by Crippen LogP contribution is -2.10. The maximum atomic E-state index is 6.28. The lowest BCUT2D eigenvalue weighted by molar-refractivity contribution is 0.668. The van der Waals surface area contributed by atoms with Crippen molar-refractivity contribution in [1.29, 1.82) is 0 Å². The van der Waals surface area contributed by atoms with Gasteiger partial charge in [-0.05, 0) is 290 Å². The summed E-state index contributed by atoms with van der Waals surface area (Å²) >= 11 is 0. The number of hydrogen-bond donors (Lipinski definition) is 0. The van der Waals surface area contributed by atoms with Crippen molar-refractivity contribution in [2.24, 2.45) is 0 Å². The van der Waals surface area contributed by atoms with Crippen LogP contribution in [0, 0.1) is 0 Å². The van der Waals surface area contributed by atoms with Crippen molar-refractivity contribution in [3.05, 3.63) is 485 Å². The average molecular weight is 1670 g/mol. The third-order valence-corrected chi connectivity index (χ3v) is 25.2. The summed E-state index contributed by atoms with van der Waals surface area (Å²) in [6, 6.07) is 173. The molecule has 8 nitrogen and oxygen atoms in total. The molecule has 0 radical (unpaired) electrons. The van der Waals surface area contributed by atoms with E-state index in [1.165, 1.54) is 32.7 Å². The van der Waals surface area contributed by atoms with Crippen LogP contribution >= 0.6 is 0 Å². The normalized spacial score (nSPS) is 11.5. The van der Waals surface area contributed by atoms with E-state index < -0.39 is 0 Å². The largest absolute Gasteiger partial charge is 0.456 e. The summed E-state index contributed by atoms with van der Waals surface area (Å²) in [6.07, 6.45) is 0. The highest BCUT2D eigenvalue weighted by molar-refractivity contribution is 6.11. The van der Waals surface area contributed by atoms with Crippen LogP contribution in [-0.4, -0.2) is 0 Å². The SMILES string of the molecule is c1cc(-c2ccccc2-c2cccc(N(c3ccc4ccccc4c3)c3ccc4oc5ccccc5c4c3)c2)cc(N(c2ccc3ccccc3c2)c2ccc3oc4ccccc4c3c2)c1.c1ccc(-c2cc(-c3ccc(N(c4ccccc4)c4ccc5oc6ccccc6c5c4)cc3)cc(-c3ccc(N(c4ccccc4)c4ccc5oc6ccccc6c5c4)cc3)c2)cc1. The van der Waals surface area contributed by atoms with E-state index in [1.54, 1.807) is 0 Å². The molecular formula is C122H80N4O4. The van der Waals surface area contributed by atoms with Crippen LogP contribution in [0.3, 0.4) is 0 Å². The molecule has 0 spiro atoms. The van der Waals surface area contributed by atoms with Gasteiger partial charge in [-0.15, -0.1) is 0 Å². The van der Waals surface area contributed by atoms with Gasteiger partial charge in [0.2, 0.25) is 0 Å². The minimum absolute atomic E-state index is 0.873. The van der Waals surface area contributed by atoms with Gasteiger partial charge in [0, 0.05) is 111 Å². The van der Waals surface area contributed by atoms with E-state index in [9.17, 15) is 0 Å². The van der Waals surface area contributed by atoms with Gasteiger partial charge in [-0.25, -0.2) is 0 Å². The zero-order chi connectivity index (χ0) is 86.0. The van der Waals surface area contributed by atoms with Crippen LogP contribution in [0.15, 0.2) is 503 Å². The molecule has 8 heteroatoms. The summed E-state index contributed by atoms with van der Waals surface area (Å²) in [6.45, 7) is 0. The molecule has 0 unspecified atom stereocenters. The predicted octanol–water partition coefficient (Wildman–Crippen LogP) is 35.5. The maximum absolute atomic E-state index is 6.28. The van der Waals surface area contributed by atoms with E-state index >= 15 is 0 Å². The molecule has 0 atom stereocenters. The summed E-state index contributed by atoms with van der Waals surface area (Å²) < 4.78 is 25.0. The molecule has 0 saturated heterocycles. The van der Waals surface area contributed by atoms with E-state index in [0.717, 1.165) is 201 Å². The van der Waals surface area contributed by atoms with Gasteiger partial charge < -0.3 is 37.3 Å². The first-order valence-electron chi connectivity index (χ1n) is 44.0. The van der Waals surface area contributed by atoms with Gasteiger partial charge in [0.25, 0.3) is 0 Å². The summed E-state index contributed by atoms with van der Waals surface area (Å²) in [5.41, 5.74) is 31.3. The summed E-state index contributed by atoms with van der Waals surface area (Å²) in [5.74, 6) is 0. The topological polar surface area (TPSA) is 65.5 Å². The molecule has 4 aromatic heterocycles. The molecule has 0 aliphatic rings. The number of furan rings is 4. The lowest BCUT2D eigenvalue weighted by atomic mass is 9.93. The Morgan fingerprint density at radius 1 is 0.115 bits per heavy atom. The van der Waals surface area contributed by atoms with Crippen molar-refractivity contribution in [3.8, 4) is 55.6 Å². The van der Waals surface area contributed by atoms with E-state index in [0.29, 0.717) is 0 Å². The third-order valence-electron chi connectivity index (χ3n) is 25.2. The van der Waals surface area contributed by atoms with Crippen molar-refractivity contribution in [3.63, 3.8) is 0 Å². The highest BCUT2D eigenvalue weighted by Gasteiger charge is 2.24. The molecular weight excluding hydrogens is 1590 g/mol. The number of nitrogens with zero attached hydrogens (tertiary/aromatic N) is 4. The van der Waals surface area contributed by atoms with Gasteiger partial charge >= 0.3 is 0 Å². The lowest BCUT2D eigenvalue weighted by Gasteiger charge is -2.27. The van der Waals surface area contributed by atoms with Crippen molar-refractivity contribution in [2.75, 3.05) is 19.6 Å². The molecule has 0 N–H and O–H groups in total. The molecule has 130 heavy (non-hydrogen) atoms. The first-order chi connectivity index (χ1) is 64.4. The van der Waals surface area contributed by atoms with Gasteiger partial charge in [0.05, 0.1) is 0 Å². The summed E-state index contributed by atoms with van der Waals surface area (Å²) in [7, 11) is 0. The standard InChI is InChI=1S/C62H40N2O2.C60H40N2O2/c1-3-15-43-35-49(29-27-41(43)13-1)63(51-31-33-61-57(39-51)55-23-7-9-25-59(55)65-61)47-19-11-17-45(37-47)53-21-5-6-22-54(53)46-18-12-20-48(38-46)64(50-30-28-42-14-2-4-16-44(42)36-50)52-32-34-62-58(40-52)56-24-8-10-26-60(56)66-62;1-4-14-41(15-5-1)44-36-45(42-24-28-49(29-25-42)61(47-16-6-2-7-17-47)51-32-34-59-55(39-51)53-20-10-12-22-57(53)63-59)38-46(37-44)43-26-30-50(31-27-43)62(48-18-8-3-9-19-48)52-33-35-60-56(40-52)54-21-11-13-23-58(54)64-60/h1-40H;1-40H. The molecule has 0 aliphatic heterocycles. The fourth-order valence-electron chi connectivity index (χ4n) is 19.0. The number of para-hydroxylation sites is 6. The minimum atomic E-state index is 0.873. The fourth-order valence-corrected chi connectivity index (χ4v) is 19.0. The molecule has 4 heterocycles. The molecule has 25 rings (SSSR count). The van der Waals surface area contributed by atoms with Gasteiger partial charge in [0.1, 0.15) is 44.7 Å². The Morgan fingerprint density at radius 3 is 0.700 bits per heavy atom. The molecule has 0 amide bonds. The minimum Gasteiger partial charge on any atom is -0.456 e. The first-order valence-corrected chi connectivity index (χ1v) is 44.0. The quantitative estimate of drug-likeness (QED) is 0.0894. The third kappa shape index (κ3) is 14.2. The zero-order valence-electron chi connectivity index (χ0n) is 70.6. The van der Waals surface area contributed by atoms with Crippen LogP contribution in [0.5, 0.6) is 0 Å². The molecule has 0 fully saturated rings. The Hall–Kier alpha value is -17.5. The van der Waals surface area contributed by atoms with Gasteiger partial charge in [-0.3, -0.25) is 0 Å². The summed E-state index contributed by atoms with van der Waals surface area (Å²) in [4.78, 5) is 9.35. The van der Waals surface area contributed by atoms with Gasteiger partial charge in [-0.2, -0.15) is 0 Å². The number of fused-ring (bicyclic) bond motifs is 14. The van der Waals surface area contributed by atoms with Gasteiger partial charge in [0.15, 0.2) is 0 Å². The number of anilines is 12. The Labute approximate surface area is 750 Å². The molecule has 0 bridgehead atoms. The van der Waals surface area contributed by atoms with Crippen molar-refractivity contribution in [1.82, 2.24) is 0 Å². The van der Waals surface area contributed by atoms with E-state index in [-0.39, 0.29) is 0 Å². The average Bonchev–Trinajstić information content (AvgIpc) is 1.30. The summed E-state index contributed by atoms with van der Waals surface area (Å²) in [5, 5.41) is 13.6. The fraction of sp³-hybridized carbons (Fsp3) is 0. The van der Waals surface area contributed by atoms with Crippen LogP contribution in [0.25, 0.3) is 165 Å². The van der Waals surface area contributed by atoms with Crippen LogP contribution in [0.1, 0.15) is 0 Å². The molecule has 21 aromatic carbocycles. The Kier molecular flexibility index (Phi) is 19.1. The van der Waals surface area contributed by atoms with Crippen molar-refractivity contribution < 1.29 is 17.7 Å². The van der Waals surface area contributed by atoms with E-state index in [2.05, 4.69) is 456 Å². The van der Waals surface area contributed by atoms with E-state index in [4.69, 9.17) is 17.7 Å². The number of hydrogen-bond acceptors (Lipinski definition) is 8. The van der Waals surface area contributed by atoms with Crippen LogP contribution in [-0.2, 0) is 0 Å². The highest BCUT2D eigenvalue weighted by Crippen LogP contribution is 2.49. The first kappa shape index (κ1) is 76.2. The van der Waals surface area contributed by atoms with Crippen LogP contribution < -0.4 is 19.6 Å². The highest BCUT2D eigenvalue weighted by atomic mass is 16.3. The van der Waals surface area contributed by atoms with E-state index in [1.807, 2.05) is 48.5 Å². The molecule has 612 valence electrons. The van der Waals surface area contributed by atoms with Gasteiger partial charge in [-0.1, -0.05) is 273 Å². The number of rotatable bonds is 17.